The van der Waals surface area contributed by atoms with Crippen LogP contribution in [0.1, 0.15) is 5.56 Å². The van der Waals surface area contributed by atoms with Crippen LogP contribution < -0.4 is 0 Å². The van der Waals surface area contributed by atoms with Gasteiger partial charge >= 0.3 is 0 Å². The van der Waals surface area contributed by atoms with Gasteiger partial charge in [-0.05, 0) is 17.7 Å². The van der Waals surface area contributed by atoms with Gasteiger partial charge in [-0.2, -0.15) is 0 Å². The second-order valence-electron chi connectivity index (χ2n) is 3.53. The Morgan fingerprint density at radius 3 is 2.29 bits per heavy atom. The molecule has 0 fully saturated rings. The normalized spacial score (nSPS) is 9.41. The number of benzene rings is 2. The summed E-state index contributed by atoms with van der Waals surface area (Å²) in [5.41, 5.74) is 3.29. The smallest absolute Gasteiger partial charge is 0.0931 e. The van der Waals surface area contributed by atoms with E-state index in [4.69, 9.17) is 0 Å². The Kier molecular flexibility index (Phi) is 3.71. The molecule has 0 aliphatic carbocycles. The van der Waals surface area contributed by atoms with Crippen molar-refractivity contribution in [2.75, 3.05) is 0 Å². The number of rotatable bonds is 1. The topological polar surface area (TPSA) is 28.7 Å². The third kappa shape index (κ3) is 3.05. The molecule has 84 valence electrons. The van der Waals surface area contributed by atoms with Gasteiger partial charge in [0.15, 0.2) is 0 Å². The van der Waals surface area contributed by atoms with E-state index in [1.807, 2.05) is 60.7 Å². The number of hydrogen-bond donors (Lipinski definition) is 1. The number of aromatic nitrogens is 2. The molecular formula is C15H14N2. The molecule has 0 unspecified atom stereocenters. The molecule has 1 heterocycles. The van der Waals surface area contributed by atoms with Crippen molar-refractivity contribution in [1.29, 1.82) is 0 Å². The lowest BCUT2D eigenvalue weighted by Crippen LogP contribution is -1.63. The molecule has 0 bridgehead atoms. The van der Waals surface area contributed by atoms with Gasteiger partial charge < -0.3 is 4.98 Å². The summed E-state index contributed by atoms with van der Waals surface area (Å²) in [5.74, 6) is 0. The number of nitrogens with zero attached hydrogens (tertiary/aromatic N) is 1. The highest BCUT2D eigenvalue weighted by Gasteiger charge is 1.88. The molecule has 0 saturated carbocycles. The van der Waals surface area contributed by atoms with Crippen LogP contribution in [0.25, 0.3) is 17.1 Å². The molecule has 2 heteroatoms. The lowest BCUT2D eigenvalue weighted by atomic mass is 10.2. The quantitative estimate of drug-likeness (QED) is 0.664. The van der Waals surface area contributed by atoms with E-state index >= 15 is 0 Å². The van der Waals surface area contributed by atoms with Crippen LogP contribution in [-0.2, 0) is 0 Å². The first-order valence-corrected chi connectivity index (χ1v) is 5.46. The molecule has 0 amide bonds. The molecule has 2 nitrogen and oxygen atoms in total. The molecule has 1 aromatic heterocycles. The highest BCUT2D eigenvalue weighted by molar-refractivity contribution is 5.73. The lowest BCUT2D eigenvalue weighted by Gasteiger charge is -1.85. The molecule has 0 saturated heterocycles. The Morgan fingerprint density at radius 1 is 0.941 bits per heavy atom. The van der Waals surface area contributed by atoms with Gasteiger partial charge in [-0.15, -0.1) is 0 Å². The van der Waals surface area contributed by atoms with Crippen LogP contribution in [0.5, 0.6) is 0 Å². The fraction of sp³-hybridized carbons (Fsp3) is 0. The summed E-state index contributed by atoms with van der Waals surface area (Å²) in [6, 6.07) is 18.0. The van der Waals surface area contributed by atoms with Crippen molar-refractivity contribution in [2.24, 2.45) is 0 Å². The summed E-state index contributed by atoms with van der Waals surface area (Å²) in [5, 5.41) is 0. The van der Waals surface area contributed by atoms with Crippen LogP contribution in [0.4, 0.5) is 0 Å². The predicted octanol–water partition coefficient (Wildman–Crippen LogP) is 3.89. The number of imidazole rings is 1. The van der Waals surface area contributed by atoms with E-state index in [0.717, 1.165) is 11.0 Å². The van der Waals surface area contributed by atoms with Crippen LogP contribution in [-0.4, -0.2) is 9.97 Å². The summed E-state index contributed by atoms with van der Waals surface area (Å²) in [7, 11) is 0. The van der Waals surface area contributed by atoms with Crippen LogP contribution in [0.3, 0.4) is 0 Å². The Bertz CT molecular complexity index is 552. The predicted molar refractivity (Wildman–Crippen MR) is 72.6 cm³/mol. The van der Waals surface area contributed by atoms with Gasteiger partial charge in [-0.1, -0.05) is 55.1 Å². The molecule has 3 rings (SSSR count). The first-order valence-electron chi connectivity index (χ1n) is 5.46. The van der Waals surface area contributed by atoms with E-state index in [1.54, 1.807) is 6.33 Å². The van der Waals surface area contributed by atoms with Gasteiger partial charge in [0.2, 0.25) is 0 Å². The Labute approximate surface area is 101 Å². The zero-order valence-corrected chi connectivity index (χ0v) is 9.51. The zero-order valence-electron chi connectivity index (χ0n) is 9.51. The van der Waals surface area contributed by atoms with Crippen molar-refractivity contribution >= 4 is 17.1 Å². The van der Waals surface area contributed by atoms with Crippen molar-refractivity contribution in [1.82, 2.24) is 9.97 Å². The number of hydrogen-bond acceptors (Lipinski definition) is 1. The summed E-state index contributed by atoms with van der Waals surface area (Å²) >= 11 is 0. The molecule has 0 radical (unpaired) electrons. The number of aromatic amines is 1. The van der Waals surface area contributed by atoms with Crippen LogP contribution in [0.2, 0.25) is 0 Å². The Morgan fingerprint density at radius 2 is 1.65 bits per heavy atom. The SMILES string of the molecule is C=Cc1ccccc1.c1ccc2[nH]cnc2c1. The Balaban J connectivity index is 0.000000128. The summed E-state index contributed by atoms with van der Waals surface area (Å²) < 4.78 is 0. The minimum Gasteiger partial charge on any atom is -0.345 e. The standard InChI is InChI=1S/C8H8.C7H6N2/c1-2-8-6-4-3-5-7-8;1-2-4-7-6(3-1)8-5-9-7/h2-7H,1H2;1-5H,(H,8,9). The van der Waals surface area contributed by atoms with E-state index in [-0.39, 0.29) is 0 Å². The number of fused-ring (bicyclic) bond motifs is 1. The maximum absolute atomic E-state index is 4.06. The first-order chi connectivity index (χ1) is 8.40. The third-order valence-corrected chi connectivity index (χ3v) is 2.36. The zero-order chi connectivity index (χ0) is 11.9. The number of H-pyrrole nitrogens is 1. The molecule has 0 aliphatic heterocycles. The van der Waals surface area contributed by atoms with E-state index in [0.29, 0.717) is 0 Å². The summed E-state index contributed by atoms with van der Waals surface area (Å²) in [6.45, 7) is 3.63. The minimum absolute atomic E-state index is 1.03. The van der Waals surface area contributed by atoms with Crippen molar-refractivity contribution in [3.8, 4) is 0 Å². The van der Waals surface area contributed by atoms with Gasteiger partial charge in [0.25, 0.3) is 0 Å². The van der Waals surface area contributed by atoms with E-state index in [1.165, 1.54) is 5.56 Å². The summed E-state index contributed by atoms with van der Waals surface area (Å²) in [6.07, 6.45) is 3.53. The minimum atomic E-state index is 1.03. The maximum atomic E-state index is 4.06. The van der Waals surface area contributed by atoms with Gasteiger partial charge in [-0.25, -0.2) is 4.98 Å². The van der Waals surface area contributed by atoms with E-state index in [2.05, 4.69) is 16.5 Å². The van der Waals surface area contributed by atoms with Crippen molar-refractivity contribution in [3.05, 3.63) is 73.1 Å². The molecule has 0 atom stereocenters. The molecular weight excluding hydrogens is 208 g/mol. The highest BCUT2D eigenvalue weighted by Crippen LogP contribution is 2.05. The molecule has 0 spiro atoms. The second-order valence-corrected chi connectivity index (χ2v) is 3.53. The Hall–Kier alpha value is -2.35. The first kappa shape index (κ1) is 11.1. The van der Waals surface area contributed by atoms with Crippen LogP contribution in [0.15, 0.2) is 67.5 Å². The van der Waals surface area contributed by atoms with Crippen molar-refractivity contribution in [2.45, 2.75) is 0 Å². The van der Waals surface area contributed by atoms with E-state index < -0.39 is 0 Å². The largest absolute Gasteiger partial charge is 0.345 e. The fourth-order valence-corrected chi connectivity index (χ4v) is 1.47. The number of para-hydroxylation sites is 2. The van der Waals surface area contributed by atoms with Gasteiger partial charge in [-0.3, -0.25) is 0 Å². The average molecular weight is 222 g/mol. The van der Waals surface area contributed by atoms with Gasteiger partial charge in [0, 0.05) is 0 Å². The second kappa shape index (κ2) is 5.66. The van der Waals surface area contributed by atoms with Crippen molar-refractivity contribution in [3.63, 3.8) is 0 Å². The monoisotopic (exact) mass is 222 g/mol. The lowest BCUT2D eigenvalue weighted by molar-refractivity contribution is 1.34. The molecule has 0 aliphatic rings. The van der Waals surface area contributed by atoms with Crippen LogP contribution in [0, 0.1) is 0 Å². The number of nitrogens with one attached hydrogen (secondary N) is 1. The van der Waals surface area contributed by atoms with Gasteiger partial charge in [0.1, 0.15) is 0 Å². The fourth-order valence-electron chi connectivity index (χ4n) is 1.47. The average Bonchev–Trinajstić information content (AvgIpc) is 2.89. The molecule has 3 aromatic rings. The maximum Gasteiger partial charge on any atom is 0.0931 e. The van der Waals surface area contributed by atoms with Gasteiger partial charge in [0.05, 0.1) is 17.4 Å². The van der Waals surface area contributed by atoms with E-state index in [9.17, 15) is 0 Å². The van der Waals surface area contributed by atoms with Crippen molar-refractivity contribution < 1.29 is 0 Å². The molecule has 2 aromatic carbocycles. The summed E-state index contributed by atoms with van der Waals surface area (Å²) in [4.78, 5) is 7.07. The molecule has 17 heavy (non-hydrogen) atoms. The third-order valence-electron chi connectivity index (χ3n) is 2.36. The van der Waals surface area contributed by atoms with Crippen LogP contribution >= 0.6 is 0 Å². The molecule has 1 N–H and O–H groups in total. The highest BCUT2D eigenvalue weighted by atomic mass is 14.9.